The van der Waals surface area contributed by atoms with Gasteiger partial charge in [-0.2, -0.15) is 0 Å². The van der Waals surface area contributed by atoms with Gasteiger partial charge in [0.25, 0.3) is 5.78 Å². The summed E-state index contributed by atoms with van der Waals surface area (Å²) in [7, 11) is 0. The predicted octanol–water partition coefficient (Wildman–Crippen LogP) is 4.42. The maximum Gasteiger partial charge on any atom is 0.302 e. The van der Waals surface area contributed by atoms with Crippen LogP contribution in [-0.4, -0.2) is 33.4 Å². The molecule has 0 spiro atoms. The number of rotatable bonds is 3. The zero-order valence-electron chi connectivity index (χ0n) is 18.4. The average molecular weight is 455 g/mol. The van der Waals surface area contributed by atoms with Crippen LogP contribution in [0.4, 0.5) is 5.95 Å². The molecule has 0 saturated carbocycles. The van der Waals surface area contributed by atoms with Gasteiger partial charge in [0.1, 0.15) is 23.3 Å². The van der Waals surface area contributed by atoms with Crippen molar-refractivity contribution in [2.24, 2.45) is 0 Å². The maximum atomic E-state index is 13.3. The van der Waals surface area contributed by atoms with E-state index in [1.807, 2.05) is 25.1 Å². The summed E-state index contributed by atoms with van der Waals surface area (Å²) in [5, 5.41) is 11.3. The Bertz CT molecular complexity index is 1480. The Labute approximate surface area is 194 Å². The van der Waals surface area contributed by atoms with Gasteiger partial charge in [-0.1, -0.05) is 6.07 Å². The predicted molar refractivity (Wildman–Crippen MR) is 125 cm³/mol. The van der Waals surface area contributed by atoms with E-state index in [2.05, 4.69) is 9.97 Å². The molecule has 4 heterocycles. The summed E-state index contributed by atoms with van der Waals surface area (Å²) in [6, 6.07) is 13.3. The third kappa shape index (κ3) is 3.10. The molecule has 1 atom stereocenters. The van der Waals surface area contributed by atoms with E-state index in [1.165, 1.54) is 11.2 Å². The van der Waals surface area contributed by atoms with E-state index in [0.29, 0.717) is 23.4 Å². The fourth-order valence-corrected chi connectivity index (χ4v) is 4.65. The Kier molecular flexibility index (Phi) is 4.55. The average Bonchev–Trinajstić information content (AvgIpc) is 3.57. The van der Waals surface area contributed by atoms with E-state index in [1.54, 1.807) is 30.3 Å². The number of H-pyrrole nitrogens is 1. The van der Waals surface area contributed by atoms with Crippen molar-refractivity contribution in [3.63, 3.8) is 0 Å². The number of aromatic amines is 1. The number of hydrogen-bond donors (Lipinski definition) is 2. The second kappa shape index (κ2) is 7.62. The van der Waals surface area contributed by atoms with Crippen LogP contribution >= 0.6 is 0 Å². The summed E-state index contributed by atoms with van der Waals surface area (Å²) < 4.78 is 11.3. The zero-order chi connectivity index (χ0) is 23.4. The summed E-state index contributed by atoms with van der Waals surface area (Å²) in [5.41, 5.74) is 3.78. The SMILES string of the molecule is Cc1ccc2nc(N3C(=O)C(=O)/C(=C(/O)c4ccc5c(c4)CCCO5)C3c3ccco3)[nH]c2c1. The van der Waals surface area contributed by atoms with E-state index in [4.69, 9.17) is 9.15 Å². The number of imidazole rings is 1. The van der Waals surface area contributed by atoms with E-state index in [9.17, 15) is 14.7 Å². The van der Waals surface area contributed by atoms with Gasteiger partial charge in [-0.15, -0.1) is 0 Å². The minimum Gasteiger partial charge on any atom is -0.507 e. The molecular weight excluding hydrogens is 434 g/mol. The Morgan fingerprint density at radius 2 is 2.06 bits per heavy atom. The fraction of sp³-hybridized carbons (Fsp3) is 0.192. The minimum atomic E-state index is -0.969. The van der Waals surface area contributed by atoms with E-state index in [0.717, 1.165) is 35.2 Å². The van der Waals surface area contributed by atoms with Crippen LogP contribution in [0.5, 0.6) is 5.75 Å². The lowest BCUT2D eigenvalue weighted by atomic mass is 9.96. The van der Waals surface area contributed by atoms with Gasteiger partial charge in [0, 0.05) is 5.56 Å². The number of anilines is 1. The first-order valence-electron chi connectivity index (χ1n) is 11.1. The lowest BCUT2D eigenvalue weighted by Crippen LogP contribution is -2.30. The summed E-state index contributed by atoms with van der Waals surface area (Å²) >= 11 is 0. The number of carbonyl (C=O) groups is 2. The summed E-state index contributed by atoms with van der Waals surface area (Å²) in [6.45, 7) is 2.61. The normalized spacial score (nSPS) is 19.4. The highest BCUT2D eigenvalue weighted by Gasteiger charge is 2.49. The number of ether oxygens (including phenoxy) is 1. The van der Waals surface area contributed by atoms with Gasteiger partial charge in [-0.3, -0.25) is 14.5 Å². The van der Waals surface area contributed by atoms with Crippen LogP contribution in [0.2, 0.25) is 0 Å². The molecule has 4 aromatic rings. The first-order chi connectivity index (χ1) is 16.5. The largest absolute Gasteiger partial charge is 0.507 e. The Morgan fingerprint density at radius 1 is 1.18 bits per heavy atom. The van der Waals surface area contributed by atoms with Gasteiger partial charge < -0.3 is 19.2 Å². The second-order valence-corrected chi connectivity index (χ2v) is 8.54. The summed E-state index contributed by atoms with van der Waals surface area (Å²) in [6.07, 6.45) is 3.15. The molecular formula is C26H21N3O5. The molecule has 0 bridgehead atoms. The number of hydrogen-bond acceptors (Lipinski definition) is 6. The molecule has 8 heteroatoms. The minimum absolute atomic E-state index is 0.0479. The third-order valence-corrected chi connectivity index (χ3v) is 6.29. The first kappa shape index (κ1) is 20.3. The van der Waals surface area contributed by atoms with Gasteiger partial charge in [0.05, 0.1) is 29.5 Å². The van der Waals surface area contributed by atoms with Crippen LogP contribution in [-0.2, 0) is 16.0 Å². The molecule has 1 fully saturated rings. The molecule has 170 valence electrons. The van der Waals surface area contributed by atoms with E-state index >= 15 is 0 Å². The number of nitrogens with zero attached hydrogens (tertiary/aromatic N) is 2. The number of nitrogens with one attached hydrogen (secondary N) is 1. The van der Waals surface area contributed by atoms with Gasteiger partial charge >= 0.3 is 5.91 Å². The van der Waals surface area contributed by atoms with Gasteiger partial charge in [0.2, 0.25) is 5.95 Å². The number of aromatic nitrogens is 2. The van der Waals surface area contributed by atoms with Crippen LogP contribution in [0.25, 0.3) is 16.8 Å². The molecule has 34 heavy (non-hydrogen) atoms. The van der Waals surface area contributed by atoms with Crippen molar-refractivity contribution >= 4 is 34.4 Å². The van der Waals surface area contributed by atoms with E-state index in [-0.39, 0.29) is 17.3 Å². The number of aliphatic hydroxyl groups excluding tert-OH is 1. The number of aliphatic hydroxyl groups is 1. The number of Topliss-reactive ketones (excluding diaryl/α,β-unsaturated/α-hetero) is 1. The van der Waals surface area contributed by atoms with Crippen molar-refractivity contribution < 1.29 is 23.8 Å². The Balaban J connectivity index is 1.52. The van der Waals surface area contributed by atoms with Crippen LogP contribution in [0.15, 0.2) is 64.8 Å². The molecule has 1 unspecified atom stereocenters. The van der Waals surface area contributed by atoms with Gasteiger partial charge in [-0.05, 0) is 73.4 Å². The number of ketones is 1. The highest BCUT2D eigenvalue weighted by atomic mass is 16.5. The molecule has 6 rings (SSSR count). The Hall–Kier alpha value is -4.33. The lowest BCUT2D eigenvalue weighted by Gasteiger charge is -2.21. The monoisotopic (exact) mass is 455 g/mol. The molecule has 0 radical (unpaired) electrons. The molecule has 2 aromatic carbocycles. The van der Waals surface area contributed by atoms with Crippen molar-refractivity contribution in [3.05, 3.63) is 82.8 Å². The summed E-state index contributed by atoms with van der Waals surface area (Å²) in [4.78, 5) is 35.4. The third-order valence-electron chi connectivity index (χ3n) is 6.29. The fourth-order valence-electron chi connectivity index (χ4n) is 4.65. The molecule has 8 nitrogen and oxygen atoms in total. The number of carbonyl (C=O) groups excluding carboxylic acids is 2. The highest BCUT2D eigenvalue weighted by Crippen LogP contribution is 2.42. The van der Waals surface area contributed by atoms with Crippen molar-refractivity contribution in [2.75, 3.05) is 11.5 Å². The maximum absolute atomic E-state index is 13.3. The van der Waals surface area contributed by atoms with Gasteiger partial charge in [-0.25, -0.2) is 4.98 Å². The highest BCUT2D eigenvalue weighted by molar-refractivity contribution is 6.51. The number of fused-ring (bicyclic) bond motifs is 2. The smallest absolute Gasteiger partial charge is 0.302 e. The molecule has 2 aromatic heterocycles. The molecule has 1 saturated heterocycles. The van der Waals surface area contributed by atoms with Crippen LogP contribution in [0.3, 0.4) is 0 Å². The standard InChI is InChI=1S/C26H21N3O5/c1-14-6-8-17-18(12-14)28-26(27-17)29-22(20-5-3-11-34-20)21(24(31)25(29)32)23(30)16-7-9-19-15(13-16)4-2-10-33-19/h3,5-9,11-13,22,30H,2,4,10H2,1H3,(H,27,28)/b23-21+. The second-order valence-electron chi connectivity index (χ2n) is 8.54. The lowest BCUT2D eigenvalue weighted by molar-refractivity contribution is -0.132. The van der Waals surface area contributed by atoms with Crippen molar-refractivity contribution in [3.8, 4) is 5.75 Å². The zero-order valence-corrected chi connectivity index (χ0v) is 18.4. The summed E-state index contributed by atoms with van der Waals surface area (Å²) in [5.74, 6) is -0.531. The number of benzene rings is 2. The van der Waals surface area contributed by atoms with Crippen LogP contribution in [0.1, 0.15) is 34.9 Å². The van der Waals surface area contributed by atoms with Crippen LogP contribution < -0.4 is 9.64 Å². The molecule has 0 aliphatic carbocycles. The van der Waals surface area contributed by atoms with Crippen molar-refractivity contribution in [1.29, 1.82) is 0 Å². The van der Waals surface area contributed by atoms with Crippen molar-refractivity contribution in [1.82, 2.24) is 9.97 Å². The van der Waals surface area contributed by atoms with Crippen LogP contribution in [0, 0.1) is 6.92 Å². The molecule has 2 aliphatic rings. The van der Waals surface area contributed by atoms with Crippen molar-refractivity contribution in [2.45, 2.75) is 25.8 Å². The van der Waals surface area contributed by atoms with Gasteiger partial charge in [0.15, 0.2) is 0 Å². The number of amides is 1. The quantitative estimate of drug-likeness (QED) is 0.269. The first-order valence-corrected chi connectivity index (χ1v) is 11.1. The molecule has 2 aliphatic heterocycles. The molecule has 2 N–H and O–H groups in total. The Morgan fingerprint density at radius 3 is 2.88 bits per heavy atom. The van der Waals surface area contributed by atoms with E-state index < -0.39 is 17.7 Å². The number of aryl methyl sites for hydroxylation is 2. The number of furan rings is 1. The topological polar surface area (TPSA) is 109 Å². The molecule has 1 amide bonds.